The zero-order chi connectivity index (χ0) is 20.3. The molecular weight excluding hydrogens is 384 g/mol. The molecule has 1 atom stereocenters. The Morgan fingerprint density at radius 2 is 2.10 bits per heavy atom. The molecule has 2 heterocycles. The average Bonchev–Trinajstić information content (AvgIpc) is 3.30. The first-order valence-corrected chi connectivity index (χ1v) is 10.8. The summed E-state index contributed by atoms with van der Waals surface area (Å²) in [6.07, 6.45) is 1.75. The third-order valence-electron chi connectivity index (χ3n) is 4.82. The SMILES string of the molecule is C=CCOc1ccccc1CNC(=NC)NCC(c1cccs1)N1CCOCC1. The monoisotopic (exact) mass is 414 g/mol. The molecule has 1 aromatic heterocycles. The van der Waals surface area contributed by atoms with Crippen molar-refractivity contribution in [1.29, 1.82) is 0 Å². The predicted molar refractivity (Wildman–Crippen MR) is 120 cm³/mol. The molecule has 1 saturated heterocycles. The van der Waals surface area contributed by atoms with Crippen LogP contribution in [0.5, 0.6) is 5.75 Å². The van der Waals surface area contributed by atoms with Crippen LogP contribution >= 0.6 is 11.3 Å². The van der Waals surface area contributed by atoms with Crippen LogP contribution in [0.2, 0.25) is 0 Å². The van der Waals surface area contributed by atoms with Crippen LogP contribution in [0.4, 0.5) is 0 Å². The van der Waals surface area contributed by atoms with Gasteiger partial charge >= 0.3 is 0 Å². The van der Waals surface area contributed by atoms with Crippen LogP contribution in [0.3, 0.4) is 0 Å². The Balaban J connectivity index is 1.58. The molecule has 2 N–H and O–H groups in total. The molecule has 3 rings (SSSR count). The lowest BCUT2D eigenvalue weighted by molar-refractivity contribution is 0.0177. The van der Waals surface area contributed by atoms with Crippen molar-refractivity contribution in [3.8, 4) is 5.75 Å². The van der Waals surface area contributed by atoms with Crippen molar-refractivity contribution >= 4 is 17.3 Å². The van der Waals surface area contributed by atoms with Crippen molar-refractivity contribution in [2.24, 2.45) is 4.99 Å². The smallest absolute Gasteiger partial charge is 0.191 e. The summed E-state index contributed by atoms with van der Waals surface area (Å²) < 4.78 is 11.3. The Labute approximate surface area is 177 Å². The molecule has 7 heteroatoms. The molecule has 1 aliphatic rings. The summed E-state index contributed by atoms with van der Waals surface area (Å²) in [6, 6.07) is 12.6. The van der Waals surface area contributed by atoms with Crippen molar-refractivity contribution < 1.29 is 9.47 Å². The van der Waals surface area contributed by atoms with E-state index in [0.29, 0.717) is 19.2 Å². The summed E-state index contributed by atoms with van der Waals surface area (Å²) in [5, 5.41) is 9.03. The van der Waals surface area contributed by atoms with E-state index in [1.807, 2.05) is 18.2 Å². The number of ether oxygens (including phenoxy) is 2. The van der Waals surface area contributed by atoms with E-state index in [2.05, 4.69) is 50.7 Å². The van der Waals surface area contributed by atoms with Gasteiger partial charge in [0, 0.05) is 43.7 Å². The maximum Gasteiger partial charge on any atom is 0.191 e. The van der Waals surface area contributed by atoms with E-state index >= 15 is 0 Å². The highest BCUT2D eigenvalue weighted by atomic mass is 32.1. The Bertz CT molecular complexity index is 773. The number of nitrogens with one attached hydrogen (secondary N) is 2. The summed E-state index contributed by atoms with van der Waals surface area (Å²) in [4.78, 5) is 8.23. The van der Waals surface area contributed by atoms with E-state index in [-0.39, 0.29) is 0 Å². The molecule has 1 aliphatic heterocycles. The minimum atomic E-state index is 0.306. The van der Waals surface area contributed by atoms with Gasteiger partial charge in [-0.3, -0.25) is 9.89 Å². The number of morpholine rings is 1. The van der Waals surface area contributed by atoms with Gasteiger partial charge in [0.1, 0.15) is 12.4 Å². The van der Waals surface area contributed by atoms with Crippen LogP contribution in [0.1, 0.15) is 16.5 Å². The molecule has 2 aromatic rings. The molecule has 156 valence electrons. The van der Waals surface area contributed by atoms with Crippen LogP contribution in [0, 0.1) is 0 Å². The van der Waals surface area contributed by atoms with E-state index in [0.717, 1.165) is 50.1 Å². The molecule has 0 aliphatic carbocycles. The number of thiophene rings is 1. The largest absolute Gasteiger partial charge is 0.489 e. The highest BCUT2D eigenvalue weighted by molar-refractivity contribution is 7.10. The molecule has 0 amide bonds. The van der Waals surface area contributed by atoms with Gasteiger partial charge in [0.05, 0.1) is 19.3 Å². The van der Waals surface area contributed by atoms with Crippen molar-refractivity contribution in [3.05, 3.63) is 64.9 Å². The van der Waals surface area contributed by atoms with Crippen molar-refractivity contribution in [2.75, 3.05) is 46.5 Å². The predicted octanol–water partition coefficient (Wildman–Crippen LogP) is 3.05. The Morgan fingerprint density at radius 1 is 1.28 bits per heavy atom. The van der Waals surface area contributed by atoms with E-state index in [1.54, 1.807) is 24.5 Å². The van der Waals surface area contributed by atoms with Gasteiger partial charge in [0.15, 0.2) is 5.96 Å². The third-order valence-corrected chi connectivity index (χ3v) is 5.79. The standard InChI is InChI=1S/C22H30N4O2S/c1-3-12-28-20-8-5-4-7-18(20)16-24-22(23-2)25-17-19(21-9-6-15-29-21)26-10-13-27-14-11-26/h3-9,15,19H,1,10-14,16-17H2,2H3,(H2,23,24,25). The van der Waals surface area contributed by atoms with Crippen molar-refractivity contribution in [1.82, 2.24) is 15.5 Å². The normalized spacial score (nSPS) is 16.2. The zero-order valence-corrected chi connectivity index (χ0v) is 17.8. The van der Waals surface area contributed by atoms with Gasteiger partial charge in [-0.2, -0.15) is 0 Å². The topological polar surface area (TPSA) is 58.1 Å². The van der Waals surface area contributed by atoms with Crippen LogP contribution in [0.15, 0.2) is 59.4 Å². The van der Waals surface area contributed by atoms with Crippen molar-refractivity contribution in [3.63, 3.8) is 0 Å². The van der Waals surface area contributed by atoms with E-state index in [4.69, 9.17) is 9.47 Å². The lowest BCUT2D eigenvalue weighted by Gasteiger charge is -2.34. The summed E-state index contributed by atoms with van der Waals surface area (Å²) >= 11 is 1.80. The summed E-state index contributed by atoms with van der Waals surface area (Å²) in [5.41, 5.74) is 1.08. The Morgan fingerprint density at radius 3 is 2.83 bits per heavy atom. The molecule has 1 aromatic carbocycles. The number of aliphatic imine (C=N–C) groups is 1. The number of guanidine groups is 1. The fourth-order valence-electron chi connectivity index (χ4n) is 3.31. The zero-order valence-electron chi connectivity index (χ0n) is 17.0. The molecule has 6 nitrogen and oxygen atoms in total. The molecule has 29 heavy (non-hydrogen) atoms. The number of hydrogen-bond acceptors (Lipinski definition) is 5. The fourth-order valence-corrected chi connectivity index (χ4v) is 4.17. The van der Waals surface area contributed by atoms with Gasteiger partial charge in [0.2, 0.25) is 0 Å². The highest BCUT2D eigenvalue weighted by Crippen LogP contribution is 2.25. The number of para-hydroxylation sites is 1. The minimum absolute atomic E-state index is 0.306. The second-order valence-corrected chi connectivity index (χ2v) is 7.67. The Hall–Kier alpha value is -2.35. The maximum absolute atomic E-state index is 5.74. The number of hydrogen-bond donors (Lipinski definition) is 2. The van der Waals surface area contributed by atoms with Gasteiger partial charge in [-0.25, -0.2) is 0 Å². The number of benzene rings is 1. The number of nitrogens with zero attached hydrogens (tertiary/aromatic N) is 2. The summed E-state index contributed by atoms with van der Waals surface area (Å²) in [6.45, 7) is 9.10. The molecule has 1 unspecified atom stereocenters. The van der Waals surface area contributed by atoms with Gasteiger partial charge < -0.3 is 20.1 Å². The Kier molecular flexibility index (Phi) is 8.55. The molecule has 0 bridgehead atoms. The minimum Gasteiger partial charge on any atom is -0.489 e. The van der Waals surface area contributed by atoms with Gasteiger partial charge in [-0.05, 0) is 17.5 Å². The first-order valence-electron chi connectivity index (χ1n) is 9.93. The molecule has 1 fully saturated rings. The molecule has 0 spiro atoms. The second-order valence-electron chi connectivity index (χ2n) is 6.69. The maximum atomic E-state index is 5.74. The van der Waals surface area contributed by atoms with Crippen LogP contribution in [-0.4, -0.2) is 57.4 Å². The molecule has 0 radical (unpaired) electrons. The van der Waals surface area contributed by atoms with Crippen LogP contribution < -0.4 is 15.4 Å². The molecule has 0 saturated carbocycles. The van der Waals surface area contributed by atoms with E-state index < -0.39 is 0 Å². The summed E-state index contributed by atoms with van der Waals surface area (Å²) in [5.74, 6) is 1.64. The van der Waals surface area contributed by atoms with Gasteiger partial charge in [-0.1, -0.05) is 36.9 Å². The van der Waals surface area contributed by atoms with Crippen LogP contribution in [-0.2, 0) is 11.3 Å². The lowest BCUT2D eigenvalue weighted by Crippen LogP contribution is -2.46. The van der Waals surface area contributed by atoms with E-state index in [1.165, 1.54) is 4.88 Å². The second kappa shape index (κ2) is 11.6. The highest BCUT2D eigenvalue weighted by Gasteiger charge is 2.23. The first-order chi connectivity index (χ1) is 14.3. The fraction of sp³-hybridized carbons (Fsp3) is 0.409. The first kappa shape index (κ1) is 21.4. The van der Waals surface area contributed by atoms with Gasteiger partial charge in [-0.15, -0.1) is 11.3 Å². The van der Waals surface area contributed by atoms with Crippen LogP contribution in [0.25, 0.3) is 0 Å². The average molecular weight is 415 g/mol. The quantitative estimate of drug-likeness (QED) is 0.375. The van der Waals surface area contributed by atoms with Gasteiger partial charge in [0.25, 0.3) is 0 Å². The summed E-state index contributed by atoms with van der Waals surface area (Å²) in [7, 11) is 1.80. The number of rotatable bonds is 9. The third kappa shape index (κ3) is 6.32. The van der Waals surface area contributed by atoms with E-state index in [9.17, 15) is 0 Å². The molecular formula is C22H30N4O2S. The van der Waals surface area contributed by atoms with Crippen molar-refractivity contribution in [2.45, 2.75) is 12.6 Å². The lowest BCUT2D eigenvalue weighted by atomic mass is 10.2.